The van der Waals surface area contributed by atoms with Gasteiger partial charge in [0, 0.05) is 38.5 Å². The first-order valence-electron chi connectivity index (χ1n) is 8.68. The molecule has 0 saturated carbocycles. The number of piperazine rings is 1. The van der Waals surface area contributed by atoms with Crippen molar-refractivity contribution in [3.8, 4) is 0 Å². The zero-order chi connectivity index (χ0) is 17.8. The maximum atomic E-state index is 13.8. The molecule has 134 valence electrons. The molecular weight excluding hydrogens is 323 g/mol. The van der Waals surface area contributed by atoms with Crippen LogP contribution in [-0.2, 0) is 17.6 Å². The molecule has 2 aromatic rings. The molecule has 1 saturated heterocycles. The van der Waals surface area contributed by atoms with E-state index in [9.17, 15) is 9.18 Å². The van der Waals surface area contributed by atoms with Crippen LogP contribution in [0.15, 0.2) is 28.7 Å². The van der Waals surface area contributed by atoms with Gasteiger partial charge in [0.05, 0.1) is 0 Å². The summed E-state index contributed by atoms with van der Waals surface area (Å²) in [6.45, 7) is 6.33. The van der Waals surface area contributed by atoms with Gasteiger partial charge in [-0.25, -0.2) is 4.39 Å². The van der Waals surface area contributed by atoms with E-state index in [1.807, 2.05) is 23.6 Å². The lowest BCUT2D eigenvalue weighted by Crippen LogP contribution is -2.50. The topological polar surface area (TPSA) is 62.5 Å². The first-order chi connectivity index (χ1) is 12.1. The van der Waals surface area contributed by atoms with E-state index in [0.717, 1.165) is 0 Å². The number of carbonyl (C=O) groups is 1. The molecule has 0 aliphatic carbocycles. The average molecular weight is 346 g/mol. The fraction of sp³-hybridized carbons (Fsp3) is 0.500. The second kappa shape index (κ2) is 7.63. The van der Waals surface area contributed by atoms with Crippen LogP contribution in [0.2, 0.25) is 0 Å². The van der Waals surface area contributed by atoms with E-state index in [1.165, 1.54) is 6.07 Å². The monoisotopic (exact) mass is 346 g/mol. The molecule has 6 nitrogen and oxygen atoms in total. The zero-order valence-electron chi connectivity index (χ0n) is 14.6. The van der Waals surface area contributed by atoms with E-state index in [1.54, 1.807) is 18.2 Å². The second-order valence-corrected chi connectivity index (χ2v) is 6.34. The first-order valence-corrected chi connectivity index (χ1v) is 8.68. The molecule has 0 spiro atoms. The van der Waals surface area contributed by atoms with Crippen molar-refractivity contribution >= 4 is 11.9 Å². The van der Waals surface area contributed by atoms with Crippen LogP contribution in [0.4, 0.5) is 10.4 Å². The van der Waals surface area contributed by atoms with Gasteiger partial charge in [-0.3, -0.25) is 4.79 Å². The number of rotatable bonds is 5. The van der Waals surface area contributed by atoms with Gasteiger partial charge in [0.2, 0.25) is 11.8 Å². The van der Waals surface area contributed by atoms with Gasteiger partial charge < -0.3 is 14.2 Å². The molecule has 0 bridgehead atoms. The van der Waals surface area contributed by atoms with Crippen LogP contribution >= 0.6 is 0 Å². The minimum atomic E-state index is -0.255. The maximum absolute atomic E-state index is 13.8. The number of hydrogen-bond donors (Lipinski definition) is 0. The summed E-state index contributed by atoms with van der Waals surface area (Å²) in [7, 11) is 0. The summed E-state index contributed by atoms with van der Waals surface area (Å²) in [5.41, 5.74) is 0.583. The van der Waals surface area contributed by atoms with Crippen molar-refractivity contribution in [3.05, 3.63) is 41.5 Å². The third-order valence-electron chi connectivity index (χ3n) is 4.53. The Balaban J connectivity index is 1.55. The van der Waals surface area contributed by atoms with Gasteiger partial charge in [0.25, 0.3) is 0 Å². The van der Waals surface area contributed by atoms with Crippen molar-refractivity contribution in [2.75, 3.05) is 31.1 Å². The quantitative estimate of drug-likeness (QED) is 0.831. The molecule has 25 heavy (non-hydrogen) atoms. The standard InChI is InChI=1S/C18H23FN4O2/c1-3-16-20-21-18(25-16)23-10-8-22(9-11-23)17(24)13(2)12-14-6-4-5-7-15(14)19/h4-7,13H,3,8-12H2,1-2H3. The molecule has 1 aliphatic heterocycles. The SMILES string of the molecule is CCc1nnc(N2CCN(C(=O)C(C)Cc3ccccc3F)CC2)o1. The summed E-state index contributed by atoms with van der Waals surface area (Å²) in [4.78, 5) is 16.5. The fourth-order valence-electron chi connectivity index (χ4n) is 3.03. The molecular formula is C18H23FN4O2. The Morgan fingerprint density at radius 3 is 2.60 bits per heavy atom. The number of nitrogens with zero attached hydrogens (tertiary/aromatic N) is 4. The van der Waals surface area contributed by atoms with Crippen molar-refractivity contribution in [3.63, 3.8) is 0 Å². The van der Waals surface area contributed by atoms with Crippen molar-refractivity contribution in [2.45, 2.75) is 26.7 Å². The fourth-order valence-corrected chi connectivity index (χ4v) is 3.03. The number of aromatic nitrogens is 2. The van der Waals surface area contributed by atoms with E-state index < -0.39 is 0 Å². The summed E-state index contributed by atoms with van der Waals surface area (Å²) in [5, 5.41) is 8.02. The smallest absolute Gasteiger partial charge is 0.318 e. The highest BCUT2D eigenvalue weighted by atomic mass is 19.1. The van der Waals surface area contributed by atoms with E-state index in [-0.39, 0.29) is 17.6 Å². The maximum Gasteiger partial charge on any atom is 0.318 e. The molecule has 0 N–H and O–H groups in total. The van der Waals surface area contributed by atoms with E-state index >= 15 is 0 Å². The molecule has 1 aromatic heterocycles. The van der Waals surface area contributed by atoms with Crippen LogP contribution < -0.4 is 4.90 Å². The largest absolute Gasteiger partial charge is 0.408 e. The highest BCUT2D eigenvalue weighted by Gasteiger charge is 2.27. The second-order valence-electron chi connectivity index (χ2n) is 6.34. The lowest BCUT2D eigenvalue weighted by molar-refractivity contribution is -0.135. The van der Waals surface area contributed by atoms with Crippen LogP contribution in [0.25, 0.3) is 0 Å². The minimum Gasteiger partial charge on any atom is -0.408 e. The van der Waals surface area contributed by atoms with E-state index in [4.69, 9.17) is 4.42 Å². The normalized spacial score (nSPS) is 16.1. The summed E-state index contributed by atoms with van der Waals surface area (Å²) in [5.74, 6) is 0.170. The van der Waals surface area contributed by atoms with Crippen molar-refractivity contribution in [1.29, 1.82) is 0 Å². The highest BCUT2D eigenvalue weighted by molar-refractivity contribution is 5.79. The molecule has 1 aromatic carbocycles. The molecule has 1 unspecified atom stereocenters. The third kappa shape index (κ3) is 3.97. The van der Waals surface area contributed by atoms with Gasteiger partial charge in [0.1, 0.15) is 5.82 Å². The van der Waals surface area contributed by atoms with E-state index in [0.29, 0.717) is 56.5 Å². The van der Waals surface area contributed by atoms with Crippen LogP contribution in [-0.4, -0.2) is 47.2 Å². The van der Waals surface area contributed by atoms with Crippen LogP contribution in [0, 0.1) is 11.7 Å². The molecule has 1 aliphatic rings. The summed E-state index contributed by atoms with van der Waals surface area (Å²) in [6.07, 6.45) is 1.12. The number of benzene rings is 1. The van der Waals surface area contributed by atoms with Gasteiger partial charge in [0.15, 0.2) is 0 Å². The van der Waals surface area contributed by atoms with Gasteiger partial charge >= 0.3 is 6.01 Å². The summed E-state index contributed by atoms with van der Waals surface area (Å²) < 4.78 is 19.3. The van der Waals surface area contributed by atoms with Crippen molar-refractivity contribution in [1.82, 2.24) is 15.1 Å². The number of anilines is 1. The highest BCUT2D eigenvalue weighted by Crippen LogP contribution is 2.18. The minimum absolute atomic E-state index is 0.0580. The Kier molecular flexibility index (Phi) is 5.31. The molecule has 7 heteroatoms. The Morgan fingerprint density at radius 2 is 1.96 bits per heavy atom. The number of hydrogen-bond acceptors (Lipinski definition) is 5. The Morgan fingerprint density at radius 1 is 1.24 bits per heavy atom. The molecule has 3 rings (SSSR count). The van der Waals surface area contributed by atoms with E-state index in [2.05, 4.69) is 10.2 Å². The molecule has 1 fully saturated rings. The lowest BCUT2D eigenvalue weighted by Gasteiger charge is -2.35. The molecule has 0 radical (unpaired) electrons. The number of carbonyl (C=O) groups excluding carboxylic acids is 1. The molecule has 2 heterocycles. The predicted octanol–water partition coefficient (Wildman–Crippen LogP) is 2.30. The van der Waals surface area contributed by atoms with Crippen molar-refractivity contribution < 1.29 is 13.6 Å². The molecule has 1 amide bonds. The van der Waals surface area contributed by atoms with Crippen molar-refractivity contribution in [2.24, 2.45) is 5.92 Å². The predicted molar refractivity (Wildman–Crippen MR) is 91.7 cm³/mol. The number of aryl methyl sites for hydroxylation is 1. The Labute approximate surface area is 146 Å². The summed E-state index contributed by atoms with van der Waals surface area (Å²) in [6, 6.07) is 7.14. The average Bonchev–Trinajstić information content (AvgIpc) is 3.12. The van der Waals surface area contributed by atoms with Gasteiger partial charge in [-0.05, 0) is 18.1 Å². The number of amides is 1. The van der Waals surface area contributed by atoms with Crippen LogP contribution in [0.3, 0.4) is 0 Å². The Bertz CT molecular complexity index is 725. The summed E-state index contributed by atoms with van der Waals surface area (Å²) >= 11 is 0. The Hall–Kier alpha value is -2.44. The van der Waals surface area contributed by atoms with Gasteiger partial charge in [-0.2, -0.15) is 0 Å². The number of halogens is 1. The molecule has 1 atom stereocenters. The van der Waals surface area contributed by atoms with Gasteiger partial charge in [-0.1, -0.05) is 37.1 Å². The van der Waals surface area contributed by atoms with Crippen LogP contribution in [0.5, 0.6) is 0 Å². The first kappa shape index (κ1) is 17.4. The third-order valence-corrected chi connectivity index (χ3v) is 4.53. The van der Waals surface area contributed by atoms with Gasteiger partial charge in [-0.15, -0.1) is 5.10 Å². The zero-order valence-corrected chi connectivity index (χ0v) is 14.6. The van der Waals surface area contributed by atoms with Crippen LogP contribution in [0.1, 0.15) is 25.3 Å². The lowest BCUT2D eigenvalue weighted by atomic mass is 9.99.